The fourth-order valence-corrected chi connectivity index (χ4v) is 3.08. The third-order valence-electron chi connectivity index (χ3n) is 4.73. The summed E-state index contributed by atoms with van der Waals surface area (Å²) in [5, 5.41) is 9.30. The third kappa shape index (κ3) is 4.97. The Morgan fingerprint density at radius 1 is 1.21 bits per heavy atom. The number of nitrogens with zero attached hydrogens (tertiary/aromatic N) is 1. The van der Waals surface area contributed by atoms with Gasteiger partial charge in [0.25, 0.3) is 0 Å². The zero-order valence-corrected chi connectivity index (χ0v) is 13.9. The lowest BCUT2D eigenvalue weighted by Gasteiger charge is -2.34. The molecule has 24 heavy (non-hydrogen) atoms. The van der Waals surface area contributed by atoms with E-state index in [0.29, 0.717) is 12.8 Å². The minimum atomic E-state index is -4.58. The number of hydrogen-bond donors (Lipinski definition) is 1. The van der Waals surface area contributed by atoms with E-state index in [1.54, 1.807) is 4.90 Å². The van der Waals surface area contributed by atoms with E-state index in [-0.39, 0.29) is 31.8 Å². The Morgan fingerprint density at radius 3 is 2.25 bits per heavy atom. The van der Waals surface area contributed by atoms with Crippen LogP contribution >= 0.6 is 0 Å². The van der Waals surface area contributed by atoms with Crippen molar-refractivity contribution in [3.63, 3.8) is 0 Å². The van der Waals surface area contributed by atoms with Crippen molar-refractivity contribution in [3.05, 3.63) is 35.4 Å². The van der Waals surface area contributed by atoms with Gasteiger partial charge in [-0.05, 0) is 42.7 Å². The molecule has 1 aromatic rings. The van der Waals surface area contributed by atoms with Crippen molar-refractivity contribution in [2.75, 3.05) is 13.1 Å². The van der Waals surface area contributed by atoms with Crippen molar-refractivity contribution in [1.29, 1.82) is 0 Å². The molecule has 0 bridgehead atoms. The second-order valence-corrected chi connectivity index (χ2v) is 6.37. The number of hydrogen-bond acceptors (Lipinski definition) is 2. The number of carbonyl (C=O) groups excluding carboxylic acids is 1. The highest BCUT2D eigenvalue weighted by Gasteiger charge is 2.44. The van der Waals surface area contributed by atoms with E-state index in [1.807, 2.05) is 24.3 Å². The van der Waals surface area contributed by atoms with Crippen LogP contribution in [0.2, 0.25) is 0 Å². The standard InChI is InChI=1S/C18H24F3NO2/c1-2-13-3-5-14(6-4-13)7-8-16(23)22-11-9-15(10-12-22)17(24)18(19,20)21/h3-6,15,17,24H,2,7-12H2,1H3. The molecule has 1 heterocycles. The maximum atomic E-state index is 12.5. The van der Waals surface area contributed by atoms with Crippen LogP contribution in [0, 0.1) is 5.92 Å². The smallest absolute Gasteiger partial charge is 0.383 e. The second kappa shape index (κ2) is 8.01. The number of alkyl halides is 3. The van der Waals surface area contributed by atoms with Gasteiger partial charge in [-0.2, -0.15) is 13.2 Å². The maximum Gasteiger partial charge on any atom is 0.414 e. The molecule has 1 N–H and O–H groups in total. The van der Waals surface area contributed by atoms with Crippen molar-refractivity contribution in [1.82, 2.24) is 4.90 Å². The Morgan fingerprint density at radius 2 is 1.75 bits per heavy atom. The quantitative estimate of drug-likeness (QED) is 0.891. The lowest BCUT2D eigenvalue weighted by Crippen LogP contribution is -2.45. The number of benzene rings is 1. The molecule has 2 rings (SSSR count). The predicted octanol–water partition coefficient (Wildman–Crippen LogP) is 3.34. The molecule has 1 amide bonds. The zero-order chi connectivity index (χ0) is 17.7. The third-order valence-corrected chi connectivity index (χ3v) is 4.73. The van der Waals surface area contributed by atoms with Crippen LogP contribution in [-0.4, -0.2) is 41.3 Å². The largest absolute Gasteiger partial charge is 0.414 e. The molecule has 0 radical (unpaired) electrons. The topological polar surface area (TPSA) is 40.5 Å². The van der Waals surface area contributed by atoms with Crippen molar-refractivity contribution in [2.45, 2.75) is 51.3 Å². The minimum absolute atomic E-state index is 0.0329. The zero-order valence-electron chi connectivity index (χ0n) is 13.9. The van der Waals surface area contributed by atoms with Crippen LogP contribution < -0.4 is 0 Å². The van der Waals surface area contributed by atoms with Gasteiger partial charge in [-0.3, -0.25) is 4.79 Å². The van der Waals surface area contributed by atoms with Crippen LogP contribution in [0.1, 0.15) is 37.3 Å². The van der Waals surface area contributed by atoms with Gasteiger partial charge in [-0.1, -0.05) is 31.2 Å². The Bertz CT molecular complexity index is 534. The summed E-state index contributed by atoms with van der Waals surface area (Å²) < 4.78 is 37.6. The average molecular weight is 343 g/mol. The Balaban J connectivity index is 1.78. The fraction of sp³-hybridized carbons (Fsp3) is 0.611. The number of piperidine rings is 1. The van der Waals surface area contributed by atoms with Crippen molar-refractivity contribution >= 4 is 5.91 Å². The molecule has 1 saturated heterocycles. The van der Waals surface area contributed by atoms with Gasteiger partial charge in [0.2, 0.25) is 5.91 Å². The van der Waals surface area contributed by atoms with Crippen LogP contribution in [0.15, 0.2) is 24.3 Å². The molecular weight excluding hydrogens is 319 g/mol. The van der Waals surface area contributed by atoms with Gasteiger partial charge in [-0.25, -0.2) is 0 Å². The van der Waals surface area contributed by atoms with Gasteiger partial charge in [0.05, 0.1) is 0 Å². The first-order valence-corrected chi connectivity index (χ1v) is 8.41. The molecule has 134 valence electrons. The van der Waals surface area contributed by atoms with Crippen LogP contribution in [0.3, 0.4) is 0 Å². The van der Waals surface area contributed by atoms with Gasteiger partial charge >= 0.3 is 6.18 Å². The molecule has 1 atom stereocenters. The molecule has 1 fully saturated rings. The van der Waals surface area contributed by atoms with Crippen molar-refractivity contribution in [3.8, 4) is 0 Å². The molecule has 1 aliphatic heterocycles. The lowest BCUT2D eigenvalue weighted by atomic mass is 9.90. The number of rotatable bonds is 5. The number of carbonyl (C=O) groups is 1. The highest BCUT2D eigenvalue weighted by Crippen LogP contribution is 2.31. The molecule has 0 saturated carbocycles. The first-order valence-electron chi connectivity index (χ1n) is 8.41. The van der Waals surface area contributed by atoms with Crippen LogP contribution in [-0.2, 0) is 17.6 Å². The Kier molecular flexibility index (Phi) is 6.27. The summed E-state index contributed by atoms with van der Waals surface area (Å²) >= 11 is 0. The summed E-state index contributed by atoms with van der Waals surface area (Å²) in [6.07, 6.45) is -4.52. The lowest BCUT2D eigenvalue weighted by molar-refractivity contribution is -0.222. The normalized spacial score (nSPS) is 17.8. The minimum Gasteiger partial charge on any atom is -0.383 e. The van der Waals surface area contributed by atoms with E-state index in [4.69, 9.17) is 0 Å². The first-order chi connectivity index (χ1) is 11.3. The predicted molar refractivity (Wildman–Crippen MR) is 85.5 cm³/mol. The molecule has 0 aromatic heterocycles. The Hall–Kier alpha value is -1.56. The number of halogens is 3. The SMILES string of the molecule is CCc1ccc(CCC(=O)N2CCC(C(O)C(F)(F)F)CC2)cc1. The molecule has 1 aliphatic rings. The monoisotopic (exact) mass is 343 g/mol. The summed E-state index contributed by atoms with van der Waals surface area (Å²) in [5.74, 6) is -0.842. The van der Waals surface area contributed by atoms with Gasteiger partial charge in [0.15, 0.2) is 6.10 Å². The number of amides is 1. The summed E-state index contributed by atoms with van der Waals surface area (Å²) in [7, 11) is 0. The maximum absolute atomic E-state index is 12.5. The molecular formula is C18H24F3NO2. The van der Waals surface area contributed by atoms with E-state index in [0.717, 1.165) is 12.0 Å². The van der Waals surface area contributed by atoms with Gasteiger partial charge < -0.3 is 10.0 Å². The second-order valence-electron chi connectivity index (χ2n) is 6.37. The van der Waals surface area contributed by atoms with E-state index in [1.165, 1.54) is 5.56 Å². The summed E-state index contributed by atoms with van der Waals surface area (Å²) in [5.41, 5.74) is 2.33. The Labute approximate surface area is 140 Å². The van der Waals surface area contributed by atoms with Crippen LogP contribution in [0.4, 0.5) is 13.2 Å². The number of aliphatic hydroxyl groups excluding tert-OH is 1. The fourth-order valence-electron chi connectivity index (χ4n) is 3.08. The van der Waals surface area contributed by atoms with E-state index >= 15 is 0 Å². The van der Waals surface area contributed by atoms with E-state index in [2.05, 4.69) is 6.92 Å². The molecule has 6 heteroatoms. The number of aliphatic hydroxyl groups is 1. The molecule has 1 unspecified atom stereocenters. The van der Waals surface area contributed by atoms with Crippen LogP contribution in [0.5, 0.6) is 0 Å². The average Bonchev–Trinajstić information content (AvgIpc) is 2.58. The van der Waals surface area contributed by atoms with Crippen LogP contribution in [0.25, 0.3) is 0 Å². The number of likely N-dealkylation sites (tertiary alicyclic amines) is 1. The summed E-state index contributed by atoms with van der Waals surface area (Å²) in [6, 6.07) is 8.11. The summed E-state index contributed by atoms with van der Waals surface area (Å²) in [4.78, 5) is 13.8. The molecule has 0 spiro atoms. The van der Waals surface area contributed by atoms with E-state index < -0.39 is 18.2 Å². The molecule has 1 aromatic carbocycles. The van der Waals surface area contributed by atoms with Crippen molar-refractivity contribution < 1.29 is 23.1 Å². The van der Waals surface area contributed by atoms with Crippen molar-refractivity contribution in [2.24, 2.45) is 5.92 Å². The van der Waals surface area contributed by atoms with Gasteiger partial charge in [-0.15, -0.1) is 0 Å². The summed E-state index contributed by atoms with van der Waals surface area (Å²) in [6.45, 7) is 2.65. The van der Waals surface area contributed by atoms with Gasteiger partial charge in [0, 0.05) is 19.5 Å². The first kappa shape index (κ1) is 18.8. The highest BCUT2D eigenvalue weighted by atomic mass is 19.4. The molecule has 3 nitrogen and oxygen atoms in total. The molecule has 0 aliphatic carbocycles. The van der Waals surface area contributed by atoms with E-state index in [9.17, 15) is 23.1 Å². The highest BCUT2D eigenvalue weighted by molar-refractivity contribution is 5.76. The number of aryl methyl sites for hydroxylation is 2. The van der Waals surface area contributed by atoms with Gasteiger partial charge in [0.1, 0.15) is 0 Å².